The predicted molar refractivity (Wildman–Crippen MR) is 106 cm³/mol. The molecule has 1 aliphatic heterocycles. The van der Waals surface area contributed by atoms with E-state index in [0.29, 0.717) is 31.6 Å². The van der Waals surface area contributed by atoms with Gasteiger partial charge >= 0.3 is 10.2 Å². The summed E-state index contributed by atoms with van der Waals surface area (Å²) in [6, 6.07) is 14.8. The molecule has 1 aliphatic rings. The van der Waals surface area contributed by atoms with E-state index in [1.807, 2.05) is 30.3 Å². The van der Waals surface area contributed by atoms with Gasteiger partial charge in [-0.1, -0.05) is 30.3 Å². The number of halogens is 1. The monoisotopic (exact) mass is 405 g/mol. The highest BCUT2D eigenvalue weighted by Crippen LogP contribution is 2.24. The lowest BCUT2D eigenvalue weighted by Crippen LogP contribution is -2.49. The van der Waals surface area contributed by atoms with Crippen LogP contribution in [-0.2, 0) is 21.5 Å². The Hall–Kier alpha value is -2.45. The molecule has 0 saturated carbocycles. The molecule has 0 radical (unpaired) electrons. The van der Waals surface area contributed by atoms with Gasteiger partial charge in [0, 0.05) is 26.7 Å². The van der Waals surface area contributed by atoms with Crippen LogP contribution in [-0.4, -0.2) is 38.8 Å². The van der Waals surface area contributed by atoms with Crippen molar-refractivity contribution in [1.29, 1.82) is 0 Å². The number of hydrogen-bond donors (Lipinski definition) is 1. The molecule has 0 aliphatic carbocycles. The Labute approximate surface area is 165 Å². The molecule has 28 heavy (non-hydrogen) atoms. The summed E-state index contributed by atoms with van der Waals surface area (Å²) in [5.41, 5.74) is 1.37. The highest BCUT2D eigenvalue weighted by atomic mass is 32.2. The maximum absolute atomic E-state index is 13.1. The zero-order valence-corrected chi connectivity index (χ0v) is 16.5. The van der Waals surface area contributed by atoms with Gasteiger partial charge < -0.3 is 5.32 Å². The summed E-state index contributed by atoms with van der Waals surface area (Å²) in [5, 5.41) is 2.89. The minimum atomic E-state index is -3.80. The molecule has 1 N–H and O–H groups in total. The highest BCUT2D eigenvalue weighted by Gasteiger charge is 2.34. The van der Waals surface area contributed by atoms with Crippen molar-refractivity contribution >= 4 is 21.8 Å². The second-order valence-corrected chi connectivity index (χ2v) is 8.81. The number of benzene rings is 2. The summed E-state index contributed by atoms with van der Waals surface area (Å²) in [4.78, 5) is 12.5. The second-order valence-electron chi connectivity index (χ2n) is 6.85. The molecule has 150 valence electrons. The van der Waals surface area contributed by atoms with Crippen LogP contribution in [0.1, 0.15) is 18.4 Å². The quantitative estimate of drug-likeness (QED) is 0.803. The number of hydrogen-bond acceptors (Lipinski definition) is 3. The number of piperidine rings is 1. The number of anilines is 1. The third kappa shape index (κ3) is 4.69. The first-order valence-electron chi connectivity index (χ1n) is 9.19. The molecular formula is C20H24FN3O3S. The summed E-state index contributed by atoms with van der Waals surface area (Å²) in [6.45, 7) is 0.906. The number of nitrogens with zero attached hydrogens (tertiary/aromatic N) is 2. The van der Waals surface area contributed by atoms with Crippen LogP contribution in [0.4, 0.5) is 10.1 Å². The molecule has 3 rings (SSSR count). The van der Waals surface area contributed by atoms with Crippen LogP contribution in [0.2, 0.25) is 0 Å². The van der Waals surface area contributed by atoms with E-state index >= 15 is 0 Å². The molecule has 0 spiro atoms. The zero-order valence-electron chi connectivity index (χ0n) is 15.7. The molecule has 1 fully saturated rings. The molecule has 0 bridgehead atoms. The van der Waals surface area contributed by atoms with Crippen LogP contribution in [0, 0.1) is 11.7 Å². The summed E-state index contributed by atoms with van der Waals surface area (Å²) in [5.74, 6) is -0.968. The predicted octanol–water partition coefficient (Wildman–Crippen LogP) is 2.54. The lowest BCUT2D eigenvalue weighted by atomic mass is 9.99. The maximum atomic E-state index is 13.1. The van der Waals surface area contributed by atoms with E-state index < -0.39 is 21.9 Å². The molecule has 8 heteroatoms. The Morgan fingerprint density at radius 1 is 1.18 bits per heavy atom. The molecular weight excluding hydrogens is 381 g/mol. The van der Waals surface area contributed by atoms with Crippen molar-refractivity contribution in [1.82, 2.24) is 9.62 Å². The zero-order chi connectivity index (χ0) is 20.1. The van der Waals surface area contributed by atoms with E-state index in [1.54, 1.807) is 0 Å². The van der Waals surface area contributed by atoms with E-state index in [2.05, 4.69) is 5.32 Å². The van der Waals surface area contributed by atoms with Gasteiger partial charge in [-0.2, -0.15) is 12.7 Å². The van der Waals surface area contributed by atoms with E-state index in [4.69, 9.17) is 0 Å². The van der Waals surface area contributed by atoms with Gasteiger partial charge in [-0.15, -0.1) is 0 Å². The number of carbonyl (C=O) groups is 1. The first kappa shape index (κ1) is 20.3. The molecule has 1 amide bonds. The van der Waals surface area contributed by atoms with Gasteiger partial charge in [0.15, 0.2) is 0 Å². The largest absolute Gasteiger partial charge is 0.352 e. The molecule has 2 aromatic rings. The molecule has 6 nitrogen and oxygen atoms in total. The number of nitrogens with one attached hydrogen (secondary N) is 1. The van der Waals surface area contributed by atoms with E-state index in [0.717, 1.165) is 9.87 Å². The van der Waals surface area contributed by atoms with Gasteiger partial charge in [0.2, 0.25) is 5.91 Å². The minimum Gasteiger partial charge on any atom is -0.352 e. The van der Waals surface area contributed by atoms with Crippen LogP contribution in [0.25, 0.3) is 0 Å². The third-order valence-electron chi connectivity index (χ3n) is 4.93. The first-order valence-corrected chi connectivity index (χ1v) is 10.6. The topological polar surface area (TPSA) is 69.7 Å². The Morgan fingerprint density at radius 2 is 1.86 bits per heavy atom. The van der Waals surface area contributed by atoms with Gasteiger partial charge in [0.25, 0.3) is 0 Å². The summed E-state index contributed by atoms with van der Waals surface area (Å²) < 4.78 is 41.5. The smallest absolute Gasteiger partial charge is 0.303 e. The van der Waals surface area contributed by atoms with Gasteiger partial charge in [-0.25, -0.2) is 4.39 Å². The molecule has 1 unspecified atom stereocenters. The fraction of sp³-hybridized carbons (Fsp3) is 0.350. The Kier molecular flexibility index (Phi) is 6.31. The van der Waals surface area contributed by atoms with E-state index in [1.165, 1.54) is 35.6 Å². The van der Waals surface area contributed by atoms with Crippen molar-refractivity contribution in [2.24, 2.45) is 5.92 Å². The Morgan fingerprint density at radius 3 is 2.54 bits per heavy atom. The molecule has 1 atom stereocenters. The number of carbonyl (C=O) groups excluding carboxylic acids is 1. The van der Waals surface area contributed by atoms with Gasteiger partial charge in [0.05, 0.1) is 11.6 Å². The summed E-state index contributed by atoms with van der Waals surface area (Å²) >= 11 is 0. The van der Waals surface area contributed by atoms with E-state index in [9.17, 15) is 17.6 Å². The van der Waals surface area contributed by atoms with Gasteiger partial charge in [-0.05, 0) is 42.7 Å². The number of amides is 1. The standard InChI is InChI=1S/C20H24FN3O3S/c1-23(19-11-9-18(21)10-12-19)28(26,27)24-13-5-8-17(15-24)20(25)22-14-16-6-3-2-4-7-16/h2-4,6-7,9-12,17H,5,8,13-15H2,1H3,(H,22,25). The molecule has 0 aromatic heterocycles. The molecule has 1 saturated heterocycles. The molecule has 1 heterocycles. The van der Waals surface area contributed by atoms with Crippen LogP contribution >= 0.6 is 0 Å². The van der Waals surface area contributed by atoms with Gasteiger partial charge in [-0.3, -0.25) is 9.10 Å². The lowest BCUT2D eigenvalue weighted by Gasteiger charge is -2.34. The van der Waals surface area contributed by atoms with E-state index in [-0.39, 0.29) is 12.5 Å². The van der Waals surface area contributed by atoms with Crippen molar-refractivity contribution in [3.8, 4) is 0 Å². The van der Waals surface area contributed by atoms with Crippen LogP contribution in [0.5, 0.6) is 0 Å². The van der Waals surface area contributed by atoms with Crippen LogP contribution in [0.3, 0.4) is 0 Å². The molecule has 2 aromatic carbocycles. The fourth-order valence-electron chi connectivity index (χ4n) is 3.25. The maximum Gasteiger partial charge on any atom is 0.303 e. The van der Waals surface area contributed by atoms with Crippen molar-refractivity contribution in [3.05, 3.63) is 66.0 Å². The normalized spacial score (nSPS) is 17.9. The van der Waals surface area contributed by atoms with Crippen molar-refractivity contribution in [3.63, 3.8) is 0 Å². The van der Waals surface area contributed by atoms with Crippen molar-refractivity contribution < 1.29 is 17.6 Å². The summed E-state index contributed by atoms with van der Waals surface area (Å²) in [6.07, 6.45) is 1.26. The lowest BCUT2D eigenvalue weighted by molar-refractivity contribution is -0.126. The van der Waals surface area contributed by atoms with Crippen molar-refractivity contribution in [2.75, 3.05) is 24.4 Å². The van der Waals surface area contributed by atoms with Crippen LogP contribution in [0.15, 0.2) is 54.6 Å². The Balaban J connectivity index is 1.64. The number of rotatable bonds is 6. The fourth-order valence-corrected chi connectivity index (χ4v) is 4.72. The third-order valence-corrected chi connectivity index (χ3v) is 6.81. The average Bonchev–Trinajstić information content (AvgIpc) is 2.73. The minimum absolute atomic E-state index is 0.133. The van der Waals surface area contributed by atoms with Gasteiger partial charge in [0.1, 0.15) is 5.82 Å². The first-order chi connectivity index (χ1) is 13.4. The van der Waals surface area contributed by atoms with Crippen molar-refractivity contribution in [2.45, 2.75) is 19.4 Å². The second kappa shape index (κ2) is 8.70. The average molecular weight is 405 g/mol. The summed E-state index contributed by atoms with van der Waals surface area (Å²) in [7, 11) is -2.37. The van der Waals surface area contributed by atoms with Crippen LogP contribution < -0.4 is 9.62 Å². The Bertz CT molecular complexity index is 904. The highest BCUT2D eigenvalue weighted by molar-refractivity contribution is 7.90. The SMILES string of the molecule is CN(c1ccc(F)cc1)S(=O)(=O)N1CCCC(C(=O)NCc2ccccc2)C1.